The van der Waals surface area contributed by atoms with E-state index in [2.05, 4.69) is 20.9 Å². The summed E-state index contributed by atoms with van der Waals surface area (Å²) in [6.45, 7) is 0.503. The third kappa shape index (κ3) is 3.11. The minimum absolute atomic E-state index is 0.0287. The Hall–Kier alpha value is -2.20. The van der Waals surface area contributed by atoms with Gasteiger partial charge in [0.15, 0.2) is 0 Å². The molecule has 0 radical (unpaired) electrons. The molecule has 0 atom stereocenters. The summed E-state index contributed by atoms with van der Waals surface area (Å²) in [5.74, 6) is 0. The highest BCUT2D eigenvalue weighted by molar-refractivity contribution is 9.10. The first-order chi connectivity index (χ1) is 10.2. The van der Waals surface area contributed by atoms with Gasteiger partial charge < -0.3 is 0 Å². The normalized spacial score (nSPS) is 11.3. The van der Waals surface area contributed by atoms with Crippen molar-refractivity contribution < 1.29 is 0 Å². The van der Waals surface area contributed by atoms with E-state index in [4.69, 9.17) is 0 Å². The predicted molar refractivity (Wildman–Crippen MR) is 89.2 cm³/mol. The lowest BCUT2D eigenvalue weighted by Gasteiger charge is -2.04. The van der Waals surface area contributed by atoms with Gasteiger partial charge in [0.05, 0.1) is 17.2 Å². The first-order valence-corrected chi connectivity index (χ1v) is 7.39. The van der Waals surface area contributed by atoms with Gasteiger partial charge in [-0.25, -0.2) is 4.98 Å². The van der Waals surface area contributed by atoms with Crippen molar-refractivity contribution in [2.75, 3.05) is 0 Å². The summed E-state index contributed by atoms with van der Waals surface area (Å²) >= 11 is 3.38. The molecule has 3 nitrogen and oxygen atoms in total. The van der Waals surface area contributed by atoms with E-state index in [1.807, 2.05) is 60.7 Å². The van der Waals surface area contributed by atoms with Gasteiger partial charge in [0.1, 0.15) is 0 Å². The molecule has 0 bridgehead atoms. The Bertz CT molecular complexity index is 854. The first kappa shape index (κ1) is 13.8. The van der Waals surface area contributed by atoms with Gasteiger partial charge in [-0.05, 0) is 23.8 Å². The van der Waals surface area contributed by atoms with Crippen molar-refractivity contribution in [2.24, 2.45) is 0 Å². The largest absolute Gasteiger partial charge is 0.295 e. The minimum atomic E-state index is -0.0287. The second-order valence-corrected chi connectivity index (χ2v) is 5.59. The van der Waals surface area contributed by atoms with Gasteiger partial charge in [-0.1, -0.05) is 58.4 Å². The van der Waals surface area contributed by atoms with E-state index in [1.54, 1.807) is 10.9 Å². The lowest BCUT2D eigenvalue weighted by atomic mass is 10.2. The van der Waals surface area contributed by atoms with Crippen LogP contribution in [0.5, 0.6) is 0 Å². The predicted octanol–water partition coefficient (Wildman–Crippen LogP) is 3.87. The number of fused-ring (bicyclic) bond motifs is 1. The van der Waals surface area contributed by atoms with E-state index >= 15 is 0 Å². The van der Waals surface area contributed by atoms with Crippen LogP contribution in [0.1, 0.15) is 5.56 Å². The highest BCUT2D eigenvalue weighted by Gasteiger charge is 2.03. The Morgan fingerprint density at radius 1 is 1.14 bits per heavy atom. The van der Waals surface area contributed by atoms with Gasteiger partial charge in [0.2, 0.25) is 0 Å². The monoisotopic (exact) mass is 340 g/mol. The van der Waals surface area contributed by atoms with Gasteiger partial charge in [-0.3, -0.25) is 9.36 Å². The molecule has 1 aromatic heterocycles. The molecule has 3 rings (SSSR count). The number of hydrogen-bond acceptors (Lipinski definition) is 2. The molecule has 0 saturated carbocycles. The van der Waals surface area contributed by atoms with Gasteiger partial charge in [-0.15, -0.1) is 0 Å². The summed E-state index contributed by atoms with van der Waals surface area (Å²) in [7, 11) is 0. The second-order valence-electron chi connectivity index (χ2n) is 4.68. The lowest BCUT2D eigenvalue weighted by molar-refractivity contribution is 0.769. The molecule has 0 N–H and O–H groups in total. The van der Waals surface area contributed by atoms with Crippen LogP contribution in [0.2, 0.25) is 0 Å². The quantitative estimate of drug-likeness (QED) is 0.725. The summed E-state index contributed by atoms with van der Waals surface area (Å²) in [4.78, 5) is 16.7. The van der Waals surface area contributed by atoms with Crippen molar-refractivity contribution in [3.05, 3.63) is 81.3 Å². The molecular formula is C17H13BrN2O. The van der Waals surface area contributed by atoms with Crippen molar-refractivity contribution in [3.63, 3.8) is 0 Å². The fourth-order valence-corrected chi connectivity index (χ4v) is 2.49. The third-order valence-electron chi connectivity index (χ3n) is 3.20. The number of nitrogens with zero attached hydrogens (tertiary/aromatic N) is 2. The van der Waals surface area contributed by atoms with Crippen molar-refractivity contribution in [3.8, 4) is 0 Å². The average Bonchev–Trinajstić information content (AvgIpc) is 2.51. The summed E-state index contributed by atoms with van der Waals surface area (Å²) in [5, 5.41) is 0.625. The summed E-state index contributed by atoms with van der Waals surface area (Å²) in [6.07, 6.45) is 5.55. The van der Waals surface area contributed by atoms with Crippen LogP contribution in [0.25, 0.3) is 17.0 Å². The molecule has 21 heavy (non-hydrogen) atoms. The Labute approximate surface area is 130 Å². The highest BCUT2D eigenvalue weighted by Crippen LogP contribution is 2.14. The second kappa shape index (κ2) is 6.06. The zero-order valence-electron chi connectivity index (χ0n) is 11.2. The van der Waals surface area contributed by atoms with Crippen LogP contribution in [-0.4, -0.2) is 9.55 Å². The molecule has 0 unspecified atom stereocenters. The highest BCUT2D eigenvalue weighted by atomic mass is 79.9. The van der Waals surface area contributed by atoms with E-state index in [1.165, 1.54) is 0 Å². The van der Waals surface area contributed by atoms with E-state index in [-0.39, 0.29) is 5.56 Å². The molecule has 0 amide bonds. The molecule has 0 aliphatic rings. The Balaban J connectivity index is 1.89. The lowest BCUT2D eigenvalue weighted by Crippen LogP contribution is -2.19. The van der Waals surface area contributed by atoms with Gasteiger partial charge in [0, 0.05) is 11.0 Å². The van der Waals surface area contributed by atoms with Crippen molar-refractivity contribution >= 4 is 32.9 Å². The SMILES string of the molecule is O=c1c2cc(Br)ccc2ncn1C/C=C/c1ccccc1. The van der Waals surface area contributed by atoms with Crippen molar-refractivity contribution in [2.45, 2.75) is 6.54 Å². The number of aromatic nitrogens is 2. The summed E-state index contributed by atoms with van der Waals surface area (Å²) in [6, 6.07) is 15.5. The van der Waals surface area contributed by atoms with Crippen LogP contribution in [0.4, 0.5) is 0 Å². The molecule has 0 aliphatic carbocycles. The average molecular weight is 341 g/mol. The van der Waals surface area contributed by atoms with E-state index in [0.717, 1.165) is 10.0 Å². The van der Waals surface area contributed by atoms with E-state index in [0.29, 0.717) is 17.4 Å². The van der Waals surface area contributed by atoms with E-state index < -0.39 is 0 Å². The van der Waals surface area contributed by atoms with Crippen molar-refractivity contribution in [1.29, 1.82) is 0 Å². The maximum absolute atomic E-state index is 12.4. The zero-order valence-corrected chi connectivity index (χ0v) is 12.8. The fourth-order valence-electron chi connectivity index (χ4n) is 2.13. The van der Waals surface area contributed by atoms with Crippen LogP contribution in [0.15, 0.2) is 70.2 Å². The first-order valence-electron chi connectivity index (χ1n) is 6.60. The van der Waals surface area contributed by atoms with E-state index in [9.17, 15) is 4.79 Å². The maximum Gasteiger partial charge on any atom is 0.261 e. The van der Waals surface area contributed by atoms with Crippen LogP contribution in [0.3, 0.4) is 0 Å². The molecular weight excluding hydrogens is 328 g/mol. The van der Waals surface area contributed by atoms with Crippen LogP contribution >= 0.6 is 15.9 Å². The zero-order chi connectivity index (χ0) is 14.7. The third-order valence-corrected chi connectivity index (χ3v) is 3.69. The van der Waals surface area contributed by atoms with Crippen LogP contribution < -0.4 is 5.56 Å². The van der Waals surface area contributed by atoms with Crippen LogP contribution in [-0.2, 0) is 6.54 Å². The minimum Gasteiger partial charge on any atom is -0.295 e. The van der Waals surface area contributed by atoms with Gasteiger partial charge in [-0.2, -0.15) is 0 Å². The smallest absolute Gasteiger partial charge is 0.261 e. The Morgan fingerprint density at radius 3 is 2.76 bits per heavy atom. The molecule has 0 spiro atoms. The molecule has 1 heterocycles. The van der Waals surface area contributed by atoms with Gasteiger partial charge in [0.25, 0.3) is 5.56 Å². The maximum atomic E-state index is 12.4. The molecule has 0 fully saturated rings. The molecule has 0 saturated heterocycles. The number of hydrogen-bond donors (Lipinski definition) is 0. The van der Waals surface area contributed by atoms with Crippen molar-refractivity contribution in [1.82, 2.24) is 9.55 Å². The number of benzene rings is 2. The molecule has 0 aliphatic heterocycles. The standard InChI is InChI=1S/C17H13BrN2O/c18-14-8-9-16-15(11-14)17(21)20(12-19-16)10-4-7-13-5-2-1-3-6-13/h1-9,11-12H,10H2/b7-4+. The summed E-state index contributed by atoms with van der Waals surface area (Å²) < 4.78 is 2.49. The fraction of sp³-hybridized carbons (Fsp3) is 0.0588. The summed E-state index contributed by atoms with van der Waals surface area (Å²) in [5.41, 5.74) is 1.80. The van der Waals surface area contributed by atoms with Gasteiger partial charge >= 0.3 is 0 Å². The Morgan fingerprint density at radius 2 is 1.95 bits per heavy atom. The molecule has 104 valence electrons. The topological polar surface area (TPSA) is 34.9 Å². The van der Waals surface area contributed by atoms with Crippen LogP contribution in [0, 0.1) is 0 Å². The molecule has 3 aromatic rings. The molecule has 2 aromatic carbocycles. The number of rotatable bonds is 3. The number of allylic oxidation sites excluding steroid dienone is 1. The number of halogens is 1. The molecule has 4 heteroatoms. The Kier molecular flexibility index (Phi) is 3.97.